The minimum Gasteiger partial charge on any atom is -0.465 e. The molecule has 1 aromatic carbocycles. The quantitative estimate of drug-likeness (QED) is 0.705. The van der Waals surface area contributed by atoms with Gasteiger partial charge < -0.3 is 10.1 Å². The predicted molar refractivity (Wildman–Crippen MR) is 98.7 cm³/mol. The third-order valence-corrected chi connectivity index (χ3v) is 4.15. The molecule has 0 saturated carbocycles. The summed E-state index contributed by atoms with van der Waals surface area (Å²) in [5.74, 6) is -0.901. The number of carbonyl (C=O) groups is 2. The first-order valence-electron chi connectivity index (χ1n) is 7.93. The Kier molecular flexibility index (Phi) is 4.90. The smallest absolute Gasteiger partial charge is 0.337 e. The molecule has 0 fully saturated rings. The van der Waals surface area contributed by atoms with E-state index in [4.69, 9.17) is 11.6 Å². The lowest BCUT2D eigenvalue weighted by atomic mass is 10.2. The average Bonchev–Trinajstić information content (AvgIpc) is 3.06. The molecule has 1 N–H and O–H groups in total. The fourth-order valence-electron chi connectivity index (χ4n) is 2.50. The number of ether oxygens (including phenoxy) is 1. The van der Waals surface area contributed by atoms with Gasteiger partial charge in [-0.15, -0.1) is 0 Å². The van der Waals surface area contributed by atoms with Gasteiger partial charge in [-0.1, -0.05) is 11.6 Å². The van der Waals surface area contributed by atoms with E-state index < -0.39 is 5.97 Å². The summed E-state index contributed by atoms with van der Waals surface area (Å²) >= 11 is 6.11. The molecule has 2 heterocycles. The summed E-state index contributed by atoms with van der Waals surface area (Å²) in [6.45, 7) is 4.01. The molecule has 7 nitrogen and oxygen atoms in total. The van der Waals surface area contributed by atoms with Gasteiger partial charge in [0, 0.05) is 17.6 Å². The molecule has 0 radical (unpaired) electrons. The number of fused-ring (bicyclic) bond motifs is 1. The molecule has 8 heteroatoms. The maximum atomic E-state index is 12.5. The zero-order valence-electron chi connectivity index (χ0n) is 14.5. The fraction of sp³-hybridized carbons (Fsp3) is 0.222. The van der Waals surface area contributed by atoms with Gasteiger partial charge >= 0.3 is 5.97 Å². The van der Waals surface area contributed by atoms with E-state index in [9.17, 15) is 9.59 Å². The van der Waals surface area contributed by atoms with Crippen molar-refractivity contribution in [2.75, 3.05) is 12.4 Å². The van der Waals surface area contributed by atoms with Crippen molar-refractivity contribution in [3.63, 3.8) is 0 Å². The van der Waals surface area contributed by atoms with E-state index in [-0.39, 0.29) is 11.9 Å². The van der Waals surface area contributed by atoms with E-state index >= 15 is 0 Å². The molecule has 0 aliphatic heterocycles. The molecule has 26 heavy (non-hydrogen) atoms. The van der Waals surface area contributed by atoms with Gasteiger partial charge in [-0.05, 0) is 38.1 Å². The van der Waals surface area contributed by atoms with Crippen LogP contribution in [0.4, 0.5) is 5.69 Å². The molecule has 0 aliphatic rings. The molecular formula is C18H17ClN4O3. The lowest BCUT2D eigenvalue weighted by Gasteiger charge is -2.09. The first kappa shape index (κ1) is 17.9. The number of rotatable bonds is 4. The topological polar surface area (TPSA) is 86.1 Å². The summed E-state index contributed by atoms with van der Waals surface area (Å²) in [5, 5.41) is 8.06. The molecule has 3 rings (SSSR count). The average molecular weight is 373 g/mol. The number of amides is 1. The van der Waals surface area contributed by atoms with Crippen LogP contribution in [-0.4, -0.2) is 33.8 Å². The van der Waals surface area contributed by atoms with E-state index in [1.54, 1.807) is 16.9 Å². The van der Waals surface area contributed by atoms with Gasteiger partial charge in [-0.25, -0.2) is 14.5 Å². The Balaban J connectivity index is 1.88. The second-order valence-electron chi connectivity index (χ2n) is 5.96. The normalized spacial score (nSPS) is 11.0. The number of halogens is 1. The van der Waals surface area contributed by atoms with Crippen LogP contribution in [0.1, 0.15) is 40.6 Å². The van der Waals surface area contributed by atoms with Crippen molar-refractivity contribution in [3.8, 4) is 0 Å². The molecule has 2 aromatic heterocycles. The van der Waals surface area contributed by atoms with E-state index in [0.717, 1.165) is 5.39 Å². The monoisotopic (exact) mass is 372 g/mol. The third-order valence-electron chi connectivity index (χ3n) is 3.82. The maximum absolute atomic E-state index is 12.5. The largest absolute Gasteiger partial charge is 0.465 e. The Morgan fingerprint density at radius 1 is 1.19 bits per heavy atom. The van der Waals surface area contributed by atoms with Crippen LogP contribution < -0.4 is 5.32 Å². The zero-order chi connectivity index (χ0) is 18.8. The van der Waals surface area contributed by atoms with Gasteiger partial charge in [0.05, 0.1) is 35.1 Å². The van der Waals surface area contributed by atoms with Gasteiger partial charge in [0.1, 0.15) is 0 Å². The van der Waals surface area contributed by atoms with Crippen molar-refractivity contribution in [2.24, 2.45) is 0 Å². The van der Waals surface area contributed by atoms with Crippen LogP contribution in [0.2, 0.25) is 5.02 Å². The van der Waals surface area contributed by atoms with Gasteiger partial charge in [0.2, 0.25) is 0 Å². The number of anilines is 1. The van der Waals surface area contributed by atoms with Crippen LogP contribution in [0.25, 0.3) is 11.0 Å². The highest BCUT2D eigenvalue weighted by Crippen LogP contribution is 2.24. The summed E-state index contributed by atoms with van der Waals surface area (Å²) in [7, 11) is 1.29. The highest BCUT2D eigenvalue weighted by molar-refractivity contribution is 6.34. The Hall–Kier alpha value is -2.93. The summed E-state index contributed by atoms with van der Waals surface area (Å²) in [5.41, 5.74) is 1.68. The van der Waals surface area contributed by atoms with Crippen molar-refractivity contribution < 1.29 is 14.3 Å². The zero-order valence-corrected chi connectivity index (χ0v) is 15.2. The predicted octanol–water partition coefficient (Wildman–Crippen LogP) is 3.70. The van der Waals surface area contributed by atoms with Gasteiger partial charge in [0.15, 0.2) is 5.65 Å². The van der Waals surface area contributed by atoms with Crippen molar-refractivity contribution in [3.05, 3.63) is 52.8 Å². The number of methoxy groups -OCH3 is 1. The fourth-order valence-corrected chi connectivity index (χ4v) is 2.67. The number of aromatic nitrogens is 3. The molecule has 0 bridgehead atoms. The Bertz CT molecular complexity index is 997. The minimum absolute atomic E-state index is 0.166. The molecule has 0 unspecified atom stereocenters. The minimum atomic E-state index is -0.513. The number of esters is 1. The maximum Gasteiger partial charge on any atom is 0.337 e. The Morgan fingerprint density at radius 2 is 1.96 bits per heavy atom. The SMILES string of the molecule is COC(=O)c1ccc(Cl)c(NC(=O)c2cnc3c(cnn3C(C)C)c2)c1. The molecule has 0 aliphatic carbocycles. The van der Waals surface area contributed by atoms with E-state index in [1.807, 2.05) is 13.8 Å². The summed E-state index contributed by atoms with van der Waals surface area (Å²) in [6, 6.07) is 6.39. The second-order valence-corrected chi connectivity index (χ2v) is 6.37. The molecule has 1 amide bonds. The third kappa shape index (κ3) is 3.39. The molecular weight excluding hydrogens is 356 g/mol. The van der Waals surface area contributed by atoms with Crippen LogP contribution in [-0.2, 0) is 4.74 Å². The van der Waals surface area contributed by atoms with E-state index in [2.05, 4.69) is 20.1 Å². The number of hydrogen-bond acceptors (Lipinski definition) is 5. The molecule has 0 spiro atoms. The van der Waals surface area contributed by atoms with Crippen LogP contribution in [0.5, 0.6) is 0 Å². The highest BCUT2D eigenvalue weighted by Gasteiger charge is 2.15. The van der Waals surface area contributed by atoms with E-state index in [1.165, 1.54) is 31.5 Å². The lowest BCUT2D eigenvalue weighted by Crippen LogP contribution is -2.13. The van der Waals surface area contributed by atoms with Crippen LogP contribution in [0.3, 0.4) is 0 Å². The number of carbonyl (C=O) groups excluding carboxylic acids is 2. The van der Waals surface area contributed by atoms with Gasteiger partial charge in [0.25, 0.3) is 5.91 Å². The molecule has 0 saturated heterocycles. The number of benzene rings is 1. The molecule has 134 valence electrons. The number of nitrogens with zero attached hydrogens (tertiary/aromatic N) is 3. The van der Waals surface area contributed by atoms with Gasteiger partial charge in [-0.3, -0.25) is 4.79 Å². The number of pyridine rings is 1. The first-order chi connectivity index (χ1) is 12.4. The van der Waals surface area contributed by atoms with Crippen LogP contribution in [0, 0.1) is 0 Å². The van der Waals surface area contributed by atoms with Crippen LogP contribution in [0.15, 0.2) is 36.7 Å². The van der Waals surface area contributed by atoms with E-state index in [0.29, 0.717) is 27.5 Å². The molecule has 3 aromatic rings. The van der Waals surface area contributed by atoms with Gasteiger partial charge in [-0.2, -0.15) is 5.10 Å². The highest BCUT2D eigenvalue weighted by atomic mass is 35.5. The molecule has 0 atom stereocenters. The van der Waals surface area contributed by atoms with Crippen molar-refractivity contribution in [2.45, 2.75) is 19.9 Å². The second kappa shape index (κ2) is 7.13. The Morgan fingerprint density at radius 3 is 2.65 bits per heavy atom. The first-order valence-corrected chi connectivity index (χ1v) is 8.31. The number of hydrogen-bond donors (Lipinski definition) is 1. The van der Waals surface area contributed by atoms with Crippen molar-refractivity contribution >= 4 is 40.2 Å². The number of nitrogens with one attached hydrogen (secondary N) is 1. The van der Waals surface area contributed by atoms with Crippen LogP contribution >= 0.6 is 11.6 Å². The summed E-state index contributed by atoms with van der Waals surface area (Å²) in [4.78, 5) is 28.5. The summed E-state index contributed by atoms with van der Waals surface area (Å²) in [6.07, 6.45) is 3.15. The van der Waals surface area contributed by atoms with Crippen molar-refractivity contribution in [1.82, 2.24) is 14.8 Å². The Labute approximate surface area is 154 Å². The lowest BCUT2D eigenvalue weighted by molar-refractivity contribution is 0.0600. The van der Waals surface area contributed by atoms with Crippen molar-refractivity contribution in [1.29, 1.82) is 0 Å². The standard InChI is InChI=1S/C18H17ClN4O3/c1-10(2)23-16-12(9-21-23)6-13(8-20-16)17(24)22-15-7-11(18(25)26-3)4-5-14(15)19/h4-10H,1-3H3,(H,22,24). The summed E-state index contributed by atoms with van der Waals surface area (Å²) < 4.78 is 6.46.